The average molecular weight is 365 g/mol. The first-order valence-electron chi connectivity index (χ1n) is 8.68. The van der Waals surface area contributed by atoms with Gasteiger partial charge in [0.05, 0.1) is 0 Å². The lowest BCUT2D eigenvalue weighted by molar-refractivity contribution is 0.299. The molecule has 1 aliphatic heterocycles. The Hall–Kier alpha value is -1.62. The van der Waals surface area contributed by atoms with Crippen molar-refractivity contribution in [1.82, 2.24) is 10.6 Å². The summed E-state index contributed by atoms with van der Waals surface area (Å²) >= 11 is 0. The highest BCUT2D eigenvalue weighted by atomic mass is 35.5. The summed E-state index contributed by atoms with van der Waals surface area (Å²) in [5.41, 5.74) is 1.77. The predicted molar refractivity (Wildman–Crippen MR) is 102 cm³/mol. The Kier molecular flexibility index (Phi) is 8.19. The number of halogens is 2. The molecule has 3 nitrogen and oxygen atoms in total. The predicted octanol–water partition coefficient (Wildman–Crippen LogP) is 3.92. The minimum absolute atomic E-state index is 0. The van der Waals surface area contributed by atoms with Crippen molar-refractivity contribution in [3.8, 4) is 5.75 Å². The molecule has 1 heterocycles. The maximum Gasteiger partial charge on any atom is 0.129 e. The number of nitrogens with one attached hydrogen (secondary N) is 2. The van der Waals surface area contributed by atoms with Gasteiger partial charge in [0.15, 0.2) is 0 Å². The van der Waals surface area contributed by atoms with Gasteiger partial charge in [-0.2, -0.15) is 0 Å². The van der Waals surface area contributed by atoms with Gasteiger partial charge >= 0.3 is 0 Å². The molecule has 2 aromatic carbocycles. The Balaban J connectivity index is 0.00000225. The summed E-state index contributed by atoms with van der Waals surface area (Å²) < 4.78 is 19.4. The van der Waals surface area contributed by atoms with Crippen LogP contribution in [0.1, 0.15) is 24.0 Å². The molecule has 1 aliphatic rings. The maximum atomic E-state index is 13.6. The molecule has 0 spiro atoms. The van der Waals surface area contributed by atoms with Gasteiger partial charge in [0.1, 0.15) is 18.2 Å². The molecule has 0 atom stereocenters. The molecule has 0 aromatic heterocycles. The molecule has 25 heavy (non-hydrogen) atoms. The summed E-state index contributed by atoms with van der Waals surface area (Å²) in [6.45, 7) is 4.40. The molecule has 0 unspecified atom stereocenters. The molecule has 0 radical (unpaired) electrons. The van der Waals surface area contributed by atoms with Gasteiger partial charge in [-0.3, -0.25) is 0 Å². The third kappa shape index (κ3) is 6.31. The summed E-state index contributed by atoms with van der Waals surface area (Å²) in [7, 11) is 0. The van der Waals surface area contributed by atoms with Crippen molar-refractivity contribution < 1.29 is 9.13 Å². The van der Waals surface area contributed by atoms with Crippen molar-refractivity contribution in [3.63, 3.8) is 0 Å². The smallest absolute Gasteiger partial charge is 0.129 e. The fourth-order valence-corrected chi connectivity index (χ4v) is 3.03. The van der Waals surface area contributed by atoms with E-state index in [9.17, 15) is 4.39 Å². The molecule has 5 heteroatoms. The highest BCUT2D eigenvalue weighted by molar-refractivity contribution is 5.85. The summed E-state index contributed by atoms with van der Waals surface area (Å²) in [6.07, 6.45) is 2.50. The highest BCUT2D eigenvalue weighted by Crippen LogP contribution is 2.17. The first-order valence-corrected chi connectivity index (χ1v) is 8.68. The van der Waals surface area contributed by atoms with Gasteiger partial charge in [0.2, 0.25) is 0 Å². The molecule has 3 rings (SSSR count). The van der Waals surface area contributed by atoms with Gasteiger partial charge < -0.3 is 15.4 Å². The van der Waals surface area contributed by atoms with Crippen LogP contribution in [0.4, 0.5) is 4.39 Å². The highest BCUT2D eigenvalue weighted by Gasteiger charge is 2.12. The van der Waals surface area contributed by atoms with Crippen LogP contribution in [0.3, 0.4) is 0 Å². The third-order valence-corrected chi connectivity index (χ3v) is 4.47. The van der Waals surface area contributed by atoms with Crippen LogP contribution in [0.2, 0.25) is 0 Å². The summed E-state index contributed by atoms with van der Waals surface area (Å²) in [4.78, 5) is 0. The molecule has 0 aliphatic carbocycles. The van der Waals surface area contributed by atoms with Crippen molar-refractivity contribution in [2.75, 3.05) is 19.6 Å². The maximum absolute atomic E-state index is 13.6. The van der Waals surface area contributed by atoms with E-state index in [0.29, 0.717) is 5.56 Å². The summed E-state index contributed by atoms with van der Waals surface area (Å²) in [5, 5.41) is 6.93. The van der Waals surface area contributed by atoms with Crippen LogP contribution < -0.4 is 15.4 Å². The van der Waals surface area contributed by atoms with Crippen molar-refractivity contribution >= 4 is 12.4 Å². The minimum Gasteiger partial charge on any atom is -0.489 e. The Morgan fingerprint density at radius 1 is 1.08 bits per heavy atom. The minimum atomic E-state index is -0.225. The zero-order valence-electron chi connectivity index (χ0n) is 14.3. The van der Waals surface area contributed by atoms with E-state index in [0.717, 1.165) is 37.8 Å². The Bertz CT molecular complexity index is 647. The molecule has 1 saturated heterocycles. The number of rotatable bonds is 7. The molecule has 2 aromatic rings. The van der Waals surface area contributed by atoms with E-state index in [1.807, 2.05) is 24.3 Å². The lowest BCUT2D eigenvalue weighted by Crippen LogP contribution is -2.33. The SMILES string of the molecule is Cl.Fc1ccccc1COc1cccc(CNCC2CCNCC2)c1. The van der Waals surface area contributed by atoms with Gasteiger partial charge in [-0.1, -0.05) is 30.3 Å². The molecule has 0 amide bonds. The Morgan fingerprint density at radius 3 is 2.68 bits per heavy atom. The van der Waals surface area contributed by atoms with Crippen LogP contribution in [-0.4, -0.2) is 19.6 Å². The van der Waals surface area contributed by atoms with Gasteiger partial charge in [-0.15, -0.1) is 12.4 Å². The second-order valence-electron chi connectivity index (χ2n) is 6.35. The third-order valence-electron chi connectivity index (χ3n) is 4.47. The van der Waals surface area contributed by atoms with Crippen LogP contribution in [0.25, 0.3) is 0 Å². The zero-order valence-corrected chi connectivity index (χ0v) is 15.2. The van der Waals surface area contributed by atoms with E-state index < -0.39 is 0 Å². The van der Waals surface area contributed by atoms with Crippen molar-refractivity contribution in [2.45, 2.75) is 26.0 Å². The largest absolute Gasteiger partial charge is 0.489 e. The Labute approximate surface area is 155 Å². The zero-order chi connectivity index (χ0) is 16.6. The van der Waals surface area contributed by atoms with Crippen LogP contribution in [0.15, 0.2) is 48.5 Å². The van der Waals surface area contributed by atoms with Crippen molar-refractivity contribution in [2.24, 2.45) is 5.92 Å². The van der Waals surface area contributed by atoms with Gasteiger partial charge in [0, 0.05) is 12.1 Å². The van der Waals surface area contributed by atoms with Gasteiger partial charge in [-0.25, -0.2) is 4.39 Å². The fourth-order valence-electron chi connectivity index (χ4n) is 3.03. The van der Waals surface area contributed by atoms with Crippen molar-refractivity contribution in [3.05, 3.63) is 65.5 Å². The molecule has 0 saturated carbocycles. The number of ether oxygens (including phenoxy) is 1. The molecule has 136 valence electrons. The normalized spacial score (nSPS) is 14.8. The van der Waals surface area contributed by atoms with E-state index in [-0.39, 0.29) is 24.8 Å². The van der Waals surface area contributed by atoms with E-state index >= 15 is 0 Å². The monoisotopic (exact) mass is 364 g/mol. The number of hydrogen-bond acceptors (Lipinski definition) is 3. The summed E-state index contributed by atoms with van der Waals surface area (Å²) in [6, 6.07) is 14.7. The second-order valence-corrected chi connectivity index (χ2v) is 6.35. The van der Waals surface area contributed by atoms with Gasteiger partial charge in [-0.05, 0) is 62.2 Å². The fraction of sp³-hybridized carbons (Fsp3) is 0.400. The molecule has 1 fully saturated rings. The first-order chi connectivity index (χ1) is 11.8. The lowest BCUT2D eigenvalue weighted by atomic mass is 9.98. The molecular formula is C20H26ClFN2O. The van der Waals surface area contributed by atoms with Crippen molar-refractivity contribution in [1.29, 1.82) is 0 Å². The number of hydrogen-bond donors (Lipinski definition) is 2. The van der Waals surface area contributed by atoms with E-state index in [1.165, 1.54) is 24.5 Å². The van der Waals surface area contributed by atoms with Crippen LogP contribution >= 0.6 is 12.4 Å². The molecule has 0 bridgehead atoms. The average Bonchev–Trinajstić information content (AvgIpc) is 2.62. The number of piperidine rings is 1. The first kappa shape index (κ1) is 19.7. The van der Waals surface area contributed by atoms with E-state index in [1.54, 1.807) is 12.1 Å². The topological polar surface area (TPSA) is 33.3 Å². The van der Waals surface area contributed by atoms with E-state index in [4.69, 9.17) is 4.74 Å². The number of benzene rings is 2. The standard InChI is InChI=1S/C20H25FN2O.ClH/c21-20-7-2-1-5-18(20)15-24-19-6-3-4-17(12-19)14-23-13-16-8-10-22-11-9-16;/h1-7,12,16,22-23H,8-11,13-15H2;1H. The lowest BCUT2D eigenvalue weighted by Gasteiger charge is -2.22. The van der Waals surface area contributed by atoms with Crippen LogP contribution in [0, 0.1) is 11.7 Å². The molecular weight excluding hydrogens is 339 g/mol. The van der Waals surface area contributed by atoms with Crippen LogP contribution in [-0.2, 0) is 13.2 Å². The molecule has 2 N–H and O–H groups in total. The summed E-state index contributed by atoms with van der Waals surface area (Å²) in [5.74, 6) is 1.32. The second kappa shape index (κ2) is 10.4. The van der Waals surface area contributed by atoms with E-state index in [2.05, 4.69) is 16.7 Å². The Morgan fingerprint density at radius 2 is 1.88 bits per heavy atom. The quantitative estimate of drug-likeness (QED) is 0.781. The van der Waals surface area contributed by atoms with Crippen LogP contribution in [0.5, 0.6) is 5.75 Å². The van der Waals surface area contributed by atoms with Gasteiger partial charge in [0.25, 0.3) is 0 Å².